The van der Waals surface area contributed by atoms with Gasteiger partial charge in [0.2, 0.25) is 21.8 Å². The van der Waals surface area contributed by atoms with Crippen molar-refractivity contribution in [2.45, 2.75) is 43.2 Å². The predicted molar refractivity (Wildman–Crippen MR) is 123 cm³/mol. The third kappa shape index (κ3) is 6.51. The standard InChI is InChI=1S/C24H29N3O4S/c1-2-23(28)26-21-9-6-15-27(16-14-21)32(30,31)22-12-10-19(11-13-22)17-24(29)25-18-20-7-4-3-5-8-20/h2-5,7-8,10-13,21H,1,6,9,14-18H2,(H,25,29)(H,26,28). The minimum Gasteiger partial charge on any atom is -0.352 e. The summed E-state index contributed by atoms with van der Waals surface area (Å²) in [5.41, 5.74) is 1.77. The first-order valence-corrected chi connectivity index (χ1v) is 12.1. The number of carbonyl (C=O) groups excluding carboxylic acids is 2. The van der Waals surface area contributed by atoms with Crippen LogP contribution in [0.4, 0.5) is 0 Å². The van der Waals surface area contributed by atoms with E-state index in [-0.39, 0.29) is 29.2 Å². The van der Waals surface area contributed by atoms with Crippen molar-refractivity contribution < 1.29 is 18.0 Å². The summed E-state index contributed by atoms with van der Waals surface area (Å²) in [6, 6.07) is 16.1. The second kappa shape index (κ2) is 11.1. The first-order chi connectivity index (χ1) is 15.4. The monoisotopic (exact) mass is 455 g/mol. The second-order valence-electron chi connectivity index (χ2n) is 7.83. The number of amides is 2. The summed E-state index contributed by atoms with van der Waals surface area (Å²) in [5.74, 6) is -0.362. The molecule has 0 aliphatic carbocycles. The smallest absolute Gasteiger partial charge is 0.243 e. The Labute approximate surface area is 189 Å². The molecule has 0 bridgehead atoms. The Morgan fingerprint density at radius 2 is 1.72 bits per heavy atom. The van der Waals surface area contributed by atoms with Crippen LogP contribution in [0, 0.1) is 0 Å². The van der Waals surface area contributed by atoms with E-state index in [4.69, 9.17) is 0 Å². The molecule has 3 rings (SSSR count). The summed E-state index contributed by atoms with van der Waals surface area (Å²) in [5, 5.41) is 5.72. The first kappa shape index (κ1) is 23.7. The van der Waals surface area contributed by atoms with Gasteiger partial charge in [-0.1, -0.05) is 49.0 Å². The zero-order valence-corrected chi connectivity index (χ0v) is 18.8. The molecule has 0 spiro atoms. The summed E-state index contributed by atoms with van der Waals surface area (Å²) in [7, 11) is -3.63. The maximum Gasteiger partial charge on any atom is 0.243 e. The lowest BCUT2D eigenvalue weighted by Gasteiger charge is -2.20. The molecule has 7 nitrogen and oxygen atoms in total. The van der Waals surface area contributed by atoms with Crippen LogP contribution in [0.5, 0.6) is 0 Å². The van der Waals surface area contributed by atoms with E-state index in [0.29, 0.717) is 32.5 Å². The van der Waals surface area contributed by atoms with Crippen LogP contribution >= 0.6 is 0 Å². The molecule has 2 aromatic carbocycles. The second-order valence-corrected chi connectivity index (χ2v) is 9.77. The minimum atomic E-state index is -3.63. The van der Waals surface area contributed by atoms with Crippen LogP contribution in [0.2, 0.25) is 0 Å². The highest BCUT2D eigenvalue weighted by atomic mass is 32.2. The molecule has 32 heavy (non-hydrogen) atoms. The Balaban J connectivity index is 1.56. The van der Waals surface area contributed by atoms with E-state index < -0.39 is 10.0 Å². The number of rotatable bonds is 8. The van der Waals surface area contributed by atoms with Crippen molar-refractivity contribution >= 4 is 21.8 Å². The van der Waals surface area contributed by atoms with Gasteiger partial charge < -0.3 is 10.6 Å². The Hall–Kier alpha value is -2.97. The molecule has 1 atom stereocenters. The van der Waals surface area contributed by atoms with E-state index in [2.05, 4.69) is 17.2 Å². The van der Waals surface area contributed by atoms with E-state index >= 15 is 0 Å². The fraction of sp³-hybridized carbons (Fsp3) is 0.333. The van der Waals surface area contributed by atoms with Gasteiger partial charge in [0.25, 0.3) is 0 Å². The van der Waals surface area contributed by atoms with Crippen LogP contribution in [0.15, 0.2) is 72.1 Å². The highest BCUT2D eigenvalue weighted by Crippen LogP contribution is 2.21. The number of carbonyl (C=O) groups is 2. The number of hydrogen-bond acceptors (Lipinski definition) is 4. The molecule has 2 aromatic rings. The molecule has 1 aliphatic rings. The molecule has 0 saturated carbocycles. The summed E-state index contributed by atoms with van der Waals surface area (Å²) < 4.78 is 27.6. The van der Waals surface area contributed by atoms with Gasteiger partial charge in [0.1, 0.15) is 0 Å². The van der Waals surface area contributed by atoms with E-state index in [0.717, 1.165) is 17.5 Å². The normalized spacial score (nSPS) is 17.2. The molecular formula is C24H29N3O4S. The highest BCUT2D eigenvalue weighted by Gasteiger charge is 2.28. The maximum absolute atomic E-state index is 13.1. The molecule has 1 saturated heterocycles. The number of sulfonamides is 1. The third-order valence-electron chi connectivity index (χ3n) is 5.48. The summed E-state index contributed by atoms with van der Waals surface area (Å²) in [4.78, 5) is 23.9. The van der Waals surface area contributed by atoms with Gasteiger partial charge in [-0.15, -0.1) is 0 Å². The van der Waals surface area contributed by atoms with Gasteiger partial charge in [-0.3, -0.25) is 9.59 Å². The van der Waals surface area contributed by atoms with E-state index in [1.165, 1.54) is 10.4 Å². The molecule has 1 aliphatic heterocycles. The summed E-state index contributed by atoms with van der Waals surface area (Å²) in [6.07, 6.45) is 3.35. The predicted octanol–water partition coefficient (Wildman–Crippen LogP) is 2.39. The lowest BCUT2D eigenvalue weighted by atomic mass is 10.1. The van der Waals surface area contributed by atoms with Crippen molar-refractivity contribution in [3.05, 3.63) is 78.4 Å². The number of hydrogen-bond donors (Lipinski definition) is 2. The van der Waals surface area contributed by atoms with Crippen molar-refractivity contribution in [1.82, 2.24) is 14.9 Å². The van der Waals surface area contributed by atoms with Crippen molar-refractivity contribution in [2.24, 2.45) is 0 Å². The van der Waals surface area contributed by atoms with Crippen LogP contribution in [-0.2, 0) is 32.6 Å². The molecule has 1 fully saturated rings. The molecule has 8 heteroatoms. The van der Waals surface area contributed by atoms with Crippen molar-refractivity contribution in [3.63, 3.8) is 0 Å². The molecule has 0 aromatic heterocycles. The van der Waals surface area contributed by atoms with Crippen molar-refractivity contribution in [1.29, 1.82) is 0 Å². The molecule has 2 N–H and O–H groups in total. The van der Waals surface area contributed by atoms with Gasteiger partial charge in [0.15, 0.2) is 0 Å². The molecule has 170 valence electrons. The molecule has 0 radical (unpaired) electrons. The summed E-state index contributed by atoms with van der Waals surface area (Å²) in [6.45, 7) is 4.65. The third-order valence-corrected chi connectivity index (χ3v) is 7.39. The number of nitrogens with zero attached hydrogens (tertiary/aromatic N) is 1. The van der Waals surface area contributed by atoms with Gasteiger partial charge in [-0.25, -0.2) is 8.42 Å². The average molecular weight is 456 g/mol. The van der Waals surface area contributed by atoms with E-state index in [9.17, 15) is 18.0 Å². The van der Waals surface area contributed by atoms with Gasteiger partial charge in [0.05, 0.1) is 11.3 Å². The number of benzene rings is 2. The molecule has 1 heterocycles. The van der Waals surface area contributed by atoms with Crippen LogP contribution in [0.25, 0.3) is 0 Å². The van der Waals surface area contributed by atoms with Crippen LogP contribution < -0.4 is 10.6 Å². The van der Waals surface area contributed by atoms with Crippen molar-refractivity contribution in [2.75, 3.05) is 13.1 Å². The quantitative estimate of drug-likeness (QED) is 0.598. The topological polar surface area (TPSA) is 95.6 Å². The van der Waals surface area contributed by atoms with Crippen LogP contribution in [0.3, 0.4) is 0 Å². The fourth-order valence-electron chi connectivity index (χ4n) is 3.69. The van der Waals surface area contributed by atoms with Gasteiger partial charge in [-0.05, 0) is 48.6 Å². The zero-order valence-electron chi connectivity index (χ0n) is 18.0. The highest BCUT2D eigenvalue weighted by molar-refractivity contribution is 7.89. The van der Waals surface area contributed by atoms with Gasteiger partial charge in [0, 0.05) is 25.7 Å². The minimum absolute atomic E-state index is 0.0579. The lowest BCUT2D eigenvalue weighted by Crippen LogP contribution is -2.36. The lowest BCUT2D eigenvalue weighted by molar-refractivity contribution is -0.120. The Morgan fingerprint density at radius 3 is 2.41 bits per heavy atom. The van der Waals surface area contributed by atoms with Crippen LogP contribution in [-0.4, -0.2) is 43.7 Å². The van der Waals surface area contributed by atoms with E-state index in [1.54, 1.807) is 24.3 Å². The van der Waals surface area contributed by atoms with Gasteiger partial charge in [-0.2, -0.15) is 4.31 Å². The molecule has 1 unspecified atom stereocenters. The largest absolute Gasteiger partial charge is 0.352 e. The van der Waals surface area contributed by atoms with E-state index in [1.807, 2.05) is 30.3 Å². The Kier molecular flexibility index (Phi) is 8.19. The molecular weight excluding hydrogens is 426 g/mol. The zero-order chi connectivity index (χ0) is 23.0. The molecule has 2 amide bonds. The van der Waals surface area contributed by atoms with Gasteiger partial charge >= 0.3 is 0 Å². The van der Waals surface area contributed by atoms with Crippen LogP contribution in [0.1, 0.15) is 30.4 Å². The van der Waals surface area contributed by atoms with Crippen molar-refractivity contribution in [3.8, 4) is 0 Å². The summed E-state index contributed by atoms with van der Waals surface area (Å²) >= 11 is 0. The fourth-order valence-corrected chi connectivity index (χ4v) is 5.18. The first-order valence-electron chi connectivity index (χ1n) is 10.7. The Bertz CT molecular complexity index is 1040. The Morgan fingerprint density at radius 1 is 1.00 bits per heavy atom. The average Bonchev–Trinajstić information content (AvgIpc) is 3.05. The SMILES string of the molecule is C=CC(=O)NC1CCCN(S(=O)(=O)c2ccc(CC(=O)NCc3ccccc3)cc2)CC1. The maximum atomic E-state index is 13.1. The number of nitrogens with one attached hydrogen (secondary N) is 2.